The fourth-order valence-electron chi connectivity index (χ4n) is 3.84. The van der Waals surface area contributed by atoms with Crippen LogP contribution in [0.15, 0.2) is 82.1 Å². The molecule has 4 rings (SSSR count). The molecule has 0 fully saturated rings. The normalized spacial score (nSPS) is 10.9. The largest absolute Gasteiger partial charge is 0.497 e. The first kappa shape index (κ1) is 21.1. The van der Waals surface area contributed by atoms with Crippen LogP contribution in [0.3, 0.4) is 0 Å². The summed E-state index contributed by atoms with van der Waals surface area (Å²) in [6.45, 7) is 2.13. The zero-order chi connectivity index (χ0) is 22.0. The molecular formula is C26H22BrNO3. The van der Waals surface area contributed by atoms with Gasteiger partial charge in [-0.2, -0.15) is 0 Å². The van der Waals surface area contributed by atoms with Gasteiger partial charge in [-0.1, -0.05) is 65.3 Å². The Morgan fingerprint density at radius 1 is 0.968 bits per heavy atom. The Morgan fingerprint density at radius 2 is 1.68 bits per heavy atom. The van der Waals surface area contributed by atoms with Crippen molar-refractivity contribution in [2.24, 2.45) is 0 Å². The Kier molecular flexibility index (Phi) is 6.05. The lowest BCUT2D eigenvalue weighted by Crippen LogP contribution is -2.28. The van der Waals surface area contributed by atoms with Crippen molar-refractivity contribution in [1.29, 1.82) is 0 Å². The Labute approximate surface area is 189 Å². The van der Waals surface area contributed by atoms with Crippen LogP contribution >= 0.6 is 15.9 Å². The van der Waals surface area contributed by atoms with Crippen molar-refractivity contribution in [3.63, 3.8) is 0 Å². The Hall–Kier alpha value is -3.18. The van der Waals surface area contributed by atoms with Crippen LogP contribution in [0.25, 0.3) is 21.9 Å². The molecule has 156 valence electrons. The van der Waals surface area contributed by atoms with Gasteiger partial charge in [0.1, 0.15) is 5.75 Å². The molecule has 0 N–H and O–H groups in total. The van der Waals surface area contributed by atoms with Gasteiger partial charge in [-0.15, -0.1) is 0 Å². The Balaban J connectivity index is 2.07. The minimum atomic E-state index is -0.171. The summed E-state index contributed by atoms with van der Waals surface area (Å²) in [5.74, 6) is 0.681. The van der Waals surface area contributed by atoms with Gasteiger partial charge in [-0.25, -0.2) is 0 Å². The molecule has 5 heteroatoms. The van der Waals surface area contributed by atoms with Gasteiger partial charge in [0.25, 0.3) is 5.56 Å². The van der Waals surface area contributed by atoms with Gasteiger partial charge >= 0.3 is 0 Å². The van der Waals surface area contributed by atoms with Crippen molar-refractivity contribution in [2.45, 2.75) is 19.9 Å². The molecular weight excluding hydrogens is 454 g/mol. The third-order valence-electron chi connectivity index (χ3n) is 5.38. The maximum atomic E-state index is 13.6. The molecule has 0 aliphatic rings. The SMILES string of the molecule is CCC(=O)c1c(-c2ccccc2)c2cc(Br)ccc2c(=O)n1Cc1ccc(OC)cc1. The second kappa shape index (κ2) is 8.90. The molecule has 4 nitrogen and oxygen atoms in total. The van der Waals surface area contributed by atoms with Crippen LogP contribution < -0.4 is 10.3 Å². The third-order valence-corrected chi connectivity index (χ3v) is 5.87. The number of fused-ring (bicyclic) bond motifs is 1. The van der Waals surface area contributed by atoms with Crippen molar-refractivity contribution < 1.29 is 9.53 Å². The van der Waals surface area contributed by atoms with E-state index in [1.54, 1.807) is 11.7 Å². The van der Waals surface area contributed by atoms with Crippen molar-refractivity contribution in [3.8, 4) is 16.9 Å². The van der Waals surface area contributed by atoms with E-state index in [1.807, 2.05) is 79.7 Å². The molecule has 4 aromatic rings. The van der Waals surface area contributed by atoms with Crippen molar-refractivity contribution >= 4 is 32.5 Å². The molecule has 0 aliphatic carbocycles. The molecule has 0 amide bonds. The van der Waals surface area contributed by atoms with Crippen LogP contribution in [-0.4, -0.2) is 17.5 Å². The van der Waals surface area contributed by atoms with E-state index in [4.69, 9.17) is 4.74 Å². The van der Waals surface area contributed by atoms with Crippen LogP contribution in [0.5, 0.6) is 5.75 Å². The molecule has 0 saturated carbocycles. The number of methoxy groups -OCH3 is 1. The van der Waals surface area contributed by atoms with E-state index in [9.17, 15) is 9.59 Å². The van der Waals surface area contributed by atoms with E-state index in [1.165, 1.54) is 0 Å². The lowest BCUT2D eigenvalue weighted by atomic mass is 9.94. The molecule has 1 aromatic heterocycles. The zero-order valence-electron chi connectivity index (χ0n) is 17.4. The third kappa shape index (κ3) is 4.06. The number of halogens is 1. The zero-order valence-corrected chi connectivity index (χ0v) is 19.0. The van der Waals surface area contributed by atoms with E-state index in [-0.39, 0.29) is 11.3 Å². The molecule has 0 radical (unpaired) electrons. The predicted octanol–water partition coefficient (Wildman–Crippen LogP) is 6.08. The fourth-order valence-corrected chi connectivity index (χ4v) is 4.20. The maximum absolute atomic E-state index is 13.6. The molecule has 3 aromatic carbocycles. The number of pyridine rings is 1. The van der Waals surface area contributed by atoms with Gasteiger partial charge in [0.15, 0.2) is 5.78 Å². The molecule has 0 bridgehead atoms. The second-order valence-corrected chi connectivity index (χ2v) is 8.21. The summed E-state index contributed by atoms with van der Waals surface area (Å²) in [7, 11) is 1.62. The Morgan fingerprint density at radius 3 is 2.32 bits per heavy atom. The van der Waals surface area contributed by atoms with E-state index in [0.29, 0.717) is 24.0 Å². The van der Waals surface area contributed by atoms with Crippen molar-refractivity contribution in [2.75, 3.05) is 7.11 Å². The number of ether oxygens (including phenoxy) is 1. The molecule has 0 atom stereocenters. The lowest BCUT2D eigenvalue weighted by Gasteiger charge is -2.19. The van der Waals surface area contributed by atoms with Gasteiger partial charge < -0.3 is 4.74 Å². The van der Waals surface area contributed by atoms with E-state index in [2.05, 4.69) is 15.9 Å². The first-order valence-electron chi connectivity index (χ1n) is 10.1. The number of nitrogens with zero attached hydrogens (tertiary/aromatic N) is 1. The first-order valence-corrected chi connectivity index (χ1v) is 10.9. The predicted molar refractivity (Wildman–Crippen MR) is 128 cm³/mol. The molecule has 31 heavy (non-hydrogen) atoms. The smallest absolute Gasteiger partial charge is 0.259 e. The topological polar surface area (TPSA) is 48.3 Å². The molecule has 0 saturated heterocycles. The quantitative estimate of drug-likeness (QED) is 0.317. The average molecular weight is 476 g/mol. The number of carbonyl (C=O) groups is 1. The number of rotatable bonds is 6. The number of carbonyl (C=O) groups excluding carboxylic acids is 1. The number of ketones is 1. The standard InChI is InChI=1S/C26H22BrNO3/c1-3-23(29)25-24(18-7-5-4-6-8-18)22-15-19(27)11-14-21(22)26(30)28(25)16-17-9-12-20(31-2)13-10-17/h4-15H,3,16H2,1-2H3. The van der Waals surface area contributed by atoms with Crippen LogP contribution in [0, 0.1) is 0 Å². The van der Waals surface area contributed by atoms with Gasteiger partial charge in [-0.05, 0) is 46.8 Å². The maximum Gasteiger partial charge on any atom is 0.259 e. The van der Waals surface area contributed by atoms with Gasteiger partial charge in [0, 0.05) is 21.8 Å². The van der Waals surface area contributed by atoms with Crippen molar-refractivity contribution in [1.82, 2.24) is 4.57 Å². The lowest BCUT2D eigenvalue weighted by molar-refractivity contribution is 0.0979. The summed E-state index contributed by atoms with van der Waals surface area (Å²) < 4.78 is 7.72. The van der Waals surface area contributed by atoms with Crippen LogP contribution in [0.1, 0.15) is 29.4 Å². The fraction of sp³-hybridized carbons (Fsp3) is 0.154. The average Bonchev–Trinajstić information content (AvgIpc) is 2.81. The summed E-state index contributed by atoms with van der Waals surface area (Å²) in [6, 6.07) is 22.9. The van der Waals surface area contributed by atoms with Crippen LogP contribution in [0.4, 0.5) is 0 Å². The molecule has 0 spiro atoms. The summed E-state index contributed by atoms with van der Waals surface area (Å²) in [5.41, 5.74) is 2.89. The highest BCUT2D eigenvalue weighted by atomic mass is 79.9. The van der Waals surface area contributed by atoms with Crippen LogP contribution in [0.2, 0.25) is 0 Å². The number of hydrogen-bond donors (Lipinski definition) is 0. The van der Waals surface area contributed by atoms with Crippen LogP contribution in [-0.2, 0) is 6.54 Å². The number of aromatic nitrogens is 1. The molecule has 1 heterocycles. The van der Waals surface area contributed by atoms with Gasteiger partial charge in [0.05, 0.1) is 19.3 Å². The summed E-state index contributed by atoms with van der Waals surface area (Å²) in [6.07, 6.45) is 0.307. The van der Waals surface area contributed by atoms with E-state index in [0.717, 1.165) is 32.3 Å². The van der Waals surface area contributed by atoms with Crippen molar-refractivity contribution in [3.05, 3.63) is 98.9 Å². The number of Topliss-reactive ketones (excluding diaryl/α,β-unsaturated/α-hetero) is 1. The monoisotopic (exact) mass is 475 g/mol. The highest BCUT2D eigenvalue weighted by Gasteiger charge is 2.22. The minimum Gasteiger partial charge on any atom is -0.497 e. The first-order chi connectivity index (χ1) is 15.0. The summed E-state index contributed by atoms with van der Waals surface area (Å²) in [5, 5.41) is 1.36. The highest BCUT2D eigenvalue weighted by molar-refractivity contribution is 9.10. The minimum absolute atomic E-state index is 0.0636. The summed E-state index contributed by atoms with van der Waals surface area (Å²) in [4.78, 5) is 26.8. The number of hydrogen-bond acceptors (Lipinski definition) is 3. The molecule has 0 unspecified atom stereocenters. The van der Waals surface area contributed by atoms with Gasteiger partial charge in [-0.3, -0.25) is 14.2 Å². The molecule has 0 aliphatic heterocycles. The van der Waals surface area contributed by atoms with Gasteiger partial charge in [0.2, 0.25) is 0 Å². The summed E-state index contributed by atoms with van der Waals surface area (Å²) >= 11 is 3.52. The Bertz CT molecular complexity index is 1310. The number of benzene rings is 3. The second-order valence-electron chi connectivity index (χ2n) is 7.30. The van der Waals surface area contributed by atoms with E-state index < -0.39 is 0 Å². The van der Waals surface area contributed by atoms with E-state index >= 15 is 0 Å². The highest BCUT2D eigenvalue weighted by Crippen LogP contribution is 2.33.